The molecule has 0 aliphatic rings. The Kier molecular flexibility index (Phi) is 4.74. The van der Waals surface area contributed by atoms with E-state index in [0.29, 0.717) is 0 Å². The van der Waals surface area contributed by atoms with E-state index in [1.807, 2.05) is 0 Å². The van der Waals surface area contributed by atoms with Crippen LogP contribution in [0.15, 0.2) is 0 Å². The number of carboxylic acids is 1. The maximum absolute atomic E-state index is 9.24. The molecule has 7 nitrogen and oxygen atoms in total. The van der Waals surface area contributed by atoms with Crippen LogP contribution in [0.4, 0.5) is 5.95 Å². The molecule has 4 N–H and O–H groups in total. The number of nitrogens with zero attached hydrogens (tertiary/aromatic N) is 3. The van der Waals surface area contributed by atoms with Gasteiger partial charge in [-0.3, -0.25) is 4.79 Å². The van der Waals surface area contributed by atoms with Crippen molar-refractivity contribution in [3.63, 3.8) is 0 Å². The number of aromatic nitrogens is 4. The van der Waals surface area contributed by atoms with Crippen molar-refractivity contribution in [3.05, 3.63) is 0 Å². The highest BCUT2D eigenvalue weighted by atomic mass is 35.5. The third kappa shape index (κ3) is 6.52. The Bertz CT molecular complexity index is 200. The molecule has 0 fully saturated rings. The lowest BCUT2D eigenvalue weighted by atomic mass is 10.8. The van der Waals surface area contributed by atoms with Gasteiger partial charge in [-0.2, -0.15) is 5.21 Å². The SMILES string of the molecule is Nc1nn[nH]n1.O=C(O)CCl. The Morgan fingerprint density at radius 1 is 1.82 bits per heavy atom. The van der Waals surface area contributed by atoms with E-state index in [1.54, 1.807) is 0 Å². The molecule has 0 saturated heterocycles. The molecule has 0 amide bonds. The first-order chi connectivity index (χ1) is 5.16. The fourth-order valence-corrected chi connectivity index (χ4v) is 0.170. The number of rotatable bonds is 1. The van der Waals surface area contributed by atoms with Gasteiger partial charge in [-0.05, 0) is 5.21 Å². The predicted molar refractivity (Wildman–Crippen MR) is 36.9 cm³/mol. The van der Waals surface area contributed by atoms with Gasteiger partial charge in [-0.25, -0.2) is 0 Å². The zero-order valence-corrected chi connectivity index (χ0v) is 6.12. The van der Waals surface area contributed by atoms with Gasteiger partial charge in [0.05, 0.1) is 0 Å². The molecule has 0 spiro atoms. The number of carbonyl (C=O) groups is 1. The van der Waals surface area contributed by atoms with Crippen LogP contribution in [0.5, 0.6) is 0 Å². The molecule has 1 heterocycles. The standard InChI is InChI=1S/C2H3ClO2.CH3N5/c3-1-2(4)5;2-1-3-5-6-4-1/h1H2,(H,4,5);(H3,2,3,4,5,6). The molecule has 0 atom stereocenters. The van der Waals surface area contributed by atoms with Crippen molar-refractivity contribution < 1.29 is 9.90 Å². The molecule has 0 radical (unpaired) electrons. The number of aliphatic carboxylic acids is 1. The largest absolute Gasteiger partial charge is 0.480 e. The monoisotopic (exact) mass is 179 g/mol. The number of nitrogens with one attached hydrogen (secondary N) is 1. The van der Waals surface area contributed by atoms with Gasteiger partial charge in [-0.1, -0.05) is 5.10 Å². The van der Waals surface area contributed by atoms with Crippen molar-refractivity contribution >= 4 is 23.5 Å². The second kappa shape index (κ2) is 5.42. The molecule has 0 unspecified atom stereocenters. The lowest BCUT2D eigenvalue weighted by Gasteiger charge is -1.69. The minimum Gasteiger partial charge on any atom is -0.480 e. The van der Waals surface area contributed by atoms with Crippen LogP contribution < -0.4 is 5.73 Å². The van der Waals surface area contributed by atoms with Crippen LogP contribution in [0.3, 0.4) is 0 Å². The van der Waals surface area contributed by atoms with E-state index in [-0.39, 0.29) is 11.8 Å². The van der Waals surface area contributed by atoms with Gasteiger partial charge < -0.3 is 10.8 Å². The smallest absolute Gasteiger partial charge is 0.318 e. The topological polar surface area (TPSA) is 118 Å². The van der Waals surface area contributed by atoms with Crippen molar-refractivity contribution in [3.8, 4) is 0 Å². The van der Waals surface area contributed by atoms with Gasteiger partial charge >= 0.3 is 5.97 Å². The number of anilines is 1. The van der Waals surface area contributed by atoms with Gasteiger partial charge in [0.15, 0.2) is 0 Å². The predicted octanol–water partition coefficient (Wildman–Crippen LogP) is -0.908. The summed E-state index contributed by atoms with van der Waals surface area (Å²) >= 11 is 4.74. The lowest BCUT2D eigenvalue weighted by molar-refractivity contribution is -0.134. The molecule has 1 aromatic heterocycles. The van der Waals surface area contributed by atoms with Crippen LogP contribution in [-0.2, 0) is 4.79 Å². The Balaban J connectivity index is 0.000000187. The van der Waals surface area contributed by atoms with E-state index in [2.05, 4.69) is 20.6 Å². The van der Waals surface area contributed by atoms with Crippen LogP contribution in [-0.4, -0.2) is 37.6 Å². The summed E-state index contributed by atoms with van der Waals surface area (Å²) in [6, 6.07) is 0. The number of tetrazole rings is 1. The fraction of sp³-hybridized carbons (Fsp3) is 0.333. The number of alkyl halides is 1. The highest BCUT2D eigenvalue weighted by Crippen LogP contribution is 1.72. The molecule has 0 aliphatic carbocycles. The number of aromatic amines is 1. The average molecular weight is 180 g/mol. The van der Waals surface area contributed by atoms with Gasteiger partial charge in [0.25, 0.3) is 5.95 Å². The molecule has 11 heavy (non-hydrogen) atoms. The number of nitrogens with two attached hydrogens (primary N) is 1. The number of H-pyrrole nitrogens is 1. The quantitative estimate of drug-likeness (QED) is 0.481. The highest BCUT2D eigenvalue weighted by Gasteiger charge is 1.83. The zero-order valence-electron chi connectivity index (χ0n) is 5.36. The number of nitrogen functional groups attached to an aromatic ring is 1. The number of carboxylic acid groups (broad SMARTS) is 1. The number of hydrogen-bond acceptors (Lipinski definition) is 5. The van der Waals surface area contributed by atoms with Crippen LogP contribution in [0.1, 0.15) is 0 Å². The molecular formula is C3H6ClN5O2. The Hall–Kier alpha value is -1.37. The van der Waals surface area contributed by atoms with Crippen molar-refractivity contribution in [2.45, 2.75) is 0 Å². The maximum Gasteiger partial charge on any atom is 0.318 e. The van der Waals surface area contributed by atoms with E-state index < -0.39 is 5.97 Å². The molecule has 0 aliphatic heterocycles. The third-order valence-electron chi connectivity index (χ3n) is 0.476. The molecule has 8 heteroatoms. The van der Waals surface area contributed by atoms with E-state index in [9.17, 15) is 4.79 Å². The Morgan fingerprint density at radius 3 is 2.45 bits per heavy atom. The fourth-order valence-electron chi connectivity index (χ4n) is 0.170. The average Bonchev–Trinajstić information content (AvgIpc) is 2.41. The minimum atomic E-state index is -0.980. The number of hydrogen-bond donors (Lipinski definition) is 3. The first-order valence-electron chi connectivity index (χ1n) is 2.43. The second-order valence-electron chi connectivity index (χ2n) is 1.30. The number of halogens is 1. The van der Waals surface area contributed by atoms with Crippen LogP contribution >= 0.6 is 11.6 Å². The van der Waals surface area contributed by atoms with E-state index in [4.69, 9.17) is 22.4 Å². The summed E-state index contributed by atoms with van der Waals surface area (Å²) in [5, 5.41) is 19.6. The van der Waals surface area contributed by atoms with Gasteiger partial charge in [-0.15, -0.1) is 16.7 Å². The molecular weight excluding hydrogens is 174 g/mol. The summed E-state index contributed by atoms with van der Waals surface area (Å²) in [5.74, 6) is -1.11. The summed E-state index contributed by atoms with van der Waals surface area (Å²) in [5.41, 5.74) is 4.96. The summed E-state index contributed by atoms with van der Waals surface area (Å²) < 4.78 is 0. The Morgan fingerprint density at radius 2 is 2.36 bits per heavy atom. The summed E-state index contributed by atoms with van der Waals surface area (Å²) in [6.07, 6.45) is 0. The van der Waals surface area contributed by atoms with Gasteiger partial charge in [0.2, 0.25) is 0 Å². The van der Waals surface area contributed by atoms with E-state index in [0.717, 1.165) is 0 Å². The highest BCUT2D eigenvalue weighted by molar-refractivity contribution is 6.26. The zero-order chi connectivity index (χ0) is 8.69. The van der Waals surface area contributed by atoms with Crippen molar-refractivity contribution in [1.82, 2.24) is 20.6 Å². The van der Waals surface area contributed by atoms with Crippen LogP contribution in [0.2, 0.25) is 0 Å². The van der Waals surface area contributed by atoms with Crippen molar-refractivity contribution in [1.29, 1.82) is 0 Å². The molecule has 1 aromatic rings. The summed E-state index contributed by atoms with van der Waals surface area (Å²) in [7, 11) is 0. The Labute approximate surface area is 66.5 Å². The van der Waals surface area contributed by atoms with Crippen LogP contribution in [0, 0.1) is 0 Å². The van der Waals surface area contributed by atoms with Crippen molar-refractivity contribution in [2.24, 2.45) is 0 Å². The van der Waals surface area contributed by atoms with E-state index in [1.165, 1.54) is 0 Å². The van der Waals surface area contributed by atoms with Gasteiger partial charge in [0.1, 0.15) is 5.88 Å². The molecule has 62 valence electrons. The molecule has 1 rings (SSSR count). The maximum atomic E-state index is 9.24. The second-order valence-corrected chi connectivity index (χ2v) is 1.56. The summed E-state index contributed by atoms with van der Waals surface area (Å²) in [4.78, 5) is 9.24. The van der Waals surface area contributed by atoms with Crippen molar-refractivity contribution in [2.75, 3.05) is 11.6 Å². The first kappa shape index (κ1) is 9.63. The molecule has 0 bridgehead atoms. The summed E-state index contributed by atoms with van der Waals surface area (Å²) in [6.45, 7) is 0. The van der Waals surface area contributed by atoms with Crippen LogP contribution in [0.25, 0.3) is 0 Å². The third-order valence-corrected chi connectivity index (χ3v) is 0.705. The van der Waals surface area contributed by atoms with E-state index >= 15 is 0 Å². The lowest BCUT2D eigenvalue weighted by Crippen LogP contribution is -1.92. The minimum absolute atomic E-state index is 0.176. The molecule has 0 aromatic carbocycles. The first-order valence-corrected chi connectivity index (χ1v) is 2.97. The normalized spacial score (nSPS) is 8.09. The molecule has 0 saturated carbocycles. The van der Waals surface area contributed by atoms with Gasteiger partial charge in [0, 0.05) is 0 Å².